The van der Waals surface area contributed by atoms with Crippen LogP contribution in [0.5, 0.6) is 0 Å². The number of carbonyl (C=O) groups excluding carboxylic acids is 1. The fraction of sp³-hybridized carbons (Fsp3) is 0.571. The van der Waals surface area contributed by atoms with E-state index in [2.05, 4.69) is 53.2 Å². The third-order valence-electron chi connectivity index (χ3n) is 5.72. The summed E-state index contributed by atoms with van der Waals surface area (Å²) in [6.45, 7) is 7.43. The Morgan fingerprint density at radius 2 is 2.07 bits per heavy atom. The molecule has 0 spiro atoms. The van der Waals surface area contributed by atoms with Crippen LogP contribution in [0.3, 0.4) is 0 Å². The molecule has 0 unspecified atom stereocenters. The molecule has 27 heavy (non-hydrogen) atoms. The first kappa shape index (κ1) is 18.2. The summed E-state index contributed by atoms with van der Waals surface area (Å²) in [4.78, 5) is 21.6. The molecule has 2 aliphatic heterocycles. The fourth-order valence-corrected chi connectivity index (χ4v) is 4.10. The first-order valence-corrected chi connectivity index (χ1v) is 10.0. The molecule has 1 aromatic carbocycles. The van der Waals surface area contributed by atoms with Crippen LogP contribution in [0.1, 0.15) is 67.9 Å². The second-order valence-electron chi connectivity index (χ2n) is 7.92. The number of nitrogens with zero attached hydrogens (tertiary/aromatic N) is 4. The standard InChI is InChI=1S/C21H28N4O2/c1-15(2)20-22-21(27-23-20)18-8-5-11-24(18)13-10-19(26)25-12-9-16-6-3-4-7-17(16)14-25/h3-4,6-7,15,18H,5,8-14H2,1-2H3/t18-/m1/s1. The van der Waals surface area contributed by atoms with Gasteiger partial charge in [0.15, 0.2) is 5.82 Å². The molecule has 1 amide bonds. The van der Waals surface area contributed by atoms with Gasteiger partial charge >= 0.3 is 0 Å². The van der Waals surface area contributed by atoms with Gasteiger partial charge in [0.05, 0.1) is 6.04 Å². The van der Waals surface area contributed by atoms with Crippen molar-refractivity contribution < 1.29 is 9.32 Å². The molecule has 144 valence electrons. The van der Waals surface area contributed by atoms with Gasteiger partial charge < -0.3 is 9.42 Å². The summed E-state index contributed by atoms with van der Waals surface area (Å²) in [5.41, 5.74) is 2.65. The van der Waals surface area contributed by atoms with Crippen molar-refractivity contribution in [2.75, 3.05) is 19.6 Å². The average molecular weight is 368 g/mol. The maximum atomic E-state index is 12.7. The highest BCUT2D eigenvalue weighted by Gasteiger charge is 2.31. The van der Waals surface area contributed by atoms with Crippen LogP contribution >= 0.6 is 0 Å². The van der Waals surface area contributed by atoms with Crippen molar-refractivity contribution in [3.8, 4) is 0 Å². The van der Waals surface area contributed by atoms with Crippen LogP contribution in [0.25, 0.3) is 0 Å². The van der Waals surface area contributed by atoms with Crippen LogP contribution in [-0.2, 0) is 17.8 Å². The lowest BCUT2D eigenvalue weighted by atomic mass is 10.00. The zero-order chi connectivity index (χ0) is 18.8. The lowest BCUT2D eigenvalue weighted by molar-refractivity contribution is -0.132. The minimum absolute atomic E-state index is 0.153. The molecule has 2 aromatic rings. The number of hydrogen-bond acceptors (Lipinski definition) is 5. The van der Waals surface area contributed by atoms with Crippen molar-refractivity contribution in [2.45, 2.75) is 58.0 Å². The lowest BCUT2D eigenvalue weighted by Gasteiger charge is -2.30. The number of amides is 1. The fourth-order valence-electron chi connectivity index (χ4n) is 4.10. The molecule has 1 saturated heterocycles. The molecule has 2 aliphatic rings. The number of benzene rings is 1. The molecular formula is C21H28N4O2. The molecule has 0 bridgehead atoms. The van der Waals surface area contributed by atoms with Gasteiger partial charge in [0.25, 0.3) is 0 Å². The summed E-state index contributed by atoms with van der Waals surface area (Å²) in [6.07, 6.45) is 3.62. The lowest BCUT2D eigenvalue weighted by Crippen LogP contribution is -2.38. The molecule has 6 heteroatoms. The van der Waals surface area contributed by atoms with E-state index in [0.29, 0.717) is 12.3 Å². The van der Waals surface area contributed by atoms with Crippen LogP contribution in [-0.4, -0.2) is 45.5 Å². The van der Waals surface area contributed by atoms with E-state index in [1.54, 1.807) is 0 Å². The Morgan fingerprint density at radius 1 is 1.26 bits per heavy atom. The SMILES string of the molecule is CC(C)c1noc([C@H]2CCCN2CCC(=O)N2CCc3ccccc3C2)n1. The average Bonchev–Trinajstić information content (AvgIpc) is 3.34. The Balaban J connectivity index is 1.34. The molecule has 3 heterocycles. The summed E-state index contributed by atoms with van der Waals surface area (Å²) in [6, 6.07) is 8.58. The molecule has 0 N–H and O–H groups in total. The normalized spacial score (nSPS) is 20.3. The maximum absolute atomic E-state index is 12.7. The largest absolute Gasteiger partial charge is 0.338 e. The van der Waals surface area contributed by atoms with Gasteiger partial charge in [-0.3, -0.25) is 9.69 Å². The van der Waals surface area contributed by atoms with Gasteiger partial charge in [0.2, 0.25) is 11.8 Å². The van der Waals surface area contributed by atoms with E-state index >= 15 is 0 Å². The highest BCUT2D eigenvalue weighted by Crippen LogP contribution is 2.31. The van der Waals surface area contributed by atoms with Crippen LogP contribution in [0, 0.1) is 0 Å². The Hall–Kier alpha value is -2.21. The Labute approximate surface area is 160 Å². The van der Waals surface area contributed by atoms with Gasteiger partial charge in [-0.05, 0) is 36.9 Å². The number of hydrogen-bond donors (Lipinski definition) is 0. The molecule has 1 aromatic heterocycles. The van der Waals surface area contributed by atoms with Crippen LogP contribution < -0.4 is 0 Å². The summed E-state index contributed by atoms with van der Waals surface area (Å²) in [7, 11) is 0. The first-order chi connectivity index (χ1) is 13.1. The zero-order valence-electron chi connectivity index (χ0n) is 16.2. The smallest absolute Gasteiger partial charge is 0.244 e. The van der Waals surface area contributed by atoms with Crippen molar-refractivity contribution in [3.63, 3.8) is 0 Å². The van der Waals surface area contributed by atoms with Crippen molar-refractivity contribution in [2.24, 2.45) is 0 Å². The van der Waals surface area contributed by atoms with Gasteiger partial charge in [-0.1, -0.05) is 43.3 Å². The molecule has 0 saturated carbocycles. The van der Waals surface area contributed by atoms with E-state index in [1.165, 1.54) is 11.1 Å². The summed E-state index contributed by atoms with van der Waals surface area (Å²) >= 11 is 0. The minimum atomic E-state index is 0.153. The predicted molar refractivity (Wildman–Crippen MR) is 102 cm³/mol. The predicted octanol–water partition coefficient (Wildman–Crippen LogP) is 3.30. The van der Waals surface area contributed by atoms with Crippen LogP contribution in [0.4, 0.5) is 0 Å². The van der Waals surface area contributed by atoms with Crippen molar-refractivity contribution in [1.82, 2.24) is 19.9 Å². The van der Waals surface area contributed by atoms with Gasteiger partial charge in [-0.2, -0.15) is 4.98 Å². The van der Waals surface area contributed by atoms with E-state index in [-0.39, 0.29) is 17.9 Å². The van der Waals surface area contributed by atoms with Gasteiger partial charge in [0, 0.05) is 32.0 Å². The van der Waals surface area contributed by atoms with Crippen LogP contribution in [0.2, 0.25) is 0 Å². The second kappa shape index (κ2) is 7.80. The van der Waals surface area contributed by atoms with Crippen molar-refractivity contribution in [3.05, 3.63) is 47.1 Å². The van der Waals surface area contributed by atoms with E-state index in [0.717, 1.165) is 51.3 Å². The van der Waals surface area contributed by atoms with E-state index < -0.39 is 0 Å². The molecule has 1 fully saturated rings. The number of likely N-dealkylation sites (tertiary alicyclic amines) is 1. The minimum Gasteiger partial charge on any atom is -0.338 e. The molecule has 0 radical (unpaired) electrons. The van der Waals surface area contributed by atoms with Crippen LogP contribution in [0.15, 0.2) is 28.8 Å². The quantitative estimate of drug-likeness (QED) is 0.810. The Kier molecular flexibility index (Phi) is 5.25. The topological polar surface area (TPSA) is 62.5 Å². The molecule has 6 nitrogen and oxygen atoms in total. The molecule has 0 aliphatic carbocycles. The van der Waals surface area contributed by atoms with E-state index in [9.17, 15) is 4.79 Å². The zero-order valence-corrected chi connectivity index (χ0v) is 16.2. The highest BCUT2D eigenvalue weighted by molar-refractivity contribution is 5.76. The third-order valence-corrected chi connectivity index (χ3v) is 5.72. The molecular weight excluding hydrogens is 340 g/mol. The number of aromatic nitrogens is 2. The summed E-state index contributed by atoms with van der Waals surface area (Å²) < 4.78 is 5.50. The molecule has 1 atom stereocenters. The Bertz CT molecular complexity index is 801. The van der Waals surface area contributed by atoms with Crippen molar-refractivity contribution in [1.29, 1.82) is 0 Å². The van der Waals surface area contributed by atoms with Gasteiger partial charge in [0.1, 0.15) is 0 Å². The number of rotatable bonds is 5. The number of fused-ring (bicyclic) bond motifs is 1. The van der Waals surface area contributed by atoms with Crippen molar-refractivity contribution >= 4 is 5.91 Å². The van der Waals surface area contributed by atoms with E-state index in [1.807, 2.05) is 4.90 Å². The third kappa shape index (κ3) is 3.90. The highest BCUT2D eigenvalue weighted by atomic mass is 16.5. The van der Waals surface area contributed by atoms with Gasteiger partial charge in [-0.25, -0.2) is 0 Å². The number of carbonyl (C=O) groups is 1. The molecule has 4 rings (SSSR count). The maximum Gasteiger partial charge on any atom is 0.244 e. The second-order valence-corrected chi connectivity index (χ2v) is 7.92. The summed E-state index contributed by atoms with van der Waals surface area (Å²) in [5.74, 6) is 1.97. The first-order valence-electron chi connectivity index (χ1n) is 10.0. The Morgan fingerprint density at radius 3 is 2.85 bits per heavy atom. The summed E-state index contributed by atoms with van der Waals surface area (Å²) in [5, 5.41) is 4.10. The van der Waals surface area contributed by atoms with Gasteiger partial charge in [-0.15, -0.1) is 0 Å². The van der Waals surface area contributed by atoms with E-state index in [4.69, 9.17) is 4.52 Å². The monoisotopic (exact) mass is 368 g/mol.